The zero-order valence-electron chi connectivity index (χ0n) is 9.01. The predicted molar refractivity (Wildman–Crippen MR) is 63.8 cm³/mol. The molecule has 0 atom stereocenters. The zero-order chi connectivity index (χ0) is 11.7. The van der Waals surface area contributed by atoms with Crippen LogP contribution < -0.4 is 4.90 Å². The molecule has 88 valence electrons. The van der Waals surface area contributed by atoms with E-state index in [1.165, 1.54) is 12.1 Å². The van der Waals surface area contributed by atoms with Crippen molar-refractivity contribution >= 4 is 21.6 Å². The van der Waals surface area contributed by atoms with Gasteiger partial charge >= 0.3 is 0 Å². The zero-order valence-corrected chi connectivity index (χ0v) is 10.6. The molecule has 5 heteroatoms. The second-order valence-electron chi connectivity index (χ2n) is 4.01. The normalized spacial score (nSPS) is 17.9. The maximum Gasteiger partial charge on any atom is 0.147 e. The first-order valence-corrected chi connectivity index (χ1v) is 5.95. The minimum absolute atomic E-state index is 0.169. The van der Waals surface area contributed by atoms with Crippen LogP contribution in [-0.4, -0.2) is 38.1 Å². The molecule has 2 rings (SSSR count). The number of hydrogen-bond acceptors (Lipinski definition) is 2. The summed E-state index contributed by atoms with van der Waals surface area (Å²) in [6.07, 6.45) is 0. The van der Waals surface area contributed by atoms with Crippen molar-refractivity contribution in [2.45, 2.75) is 0 Å². The standard InChI is InChI=1S/C11H13BrF2N2/c1-15-2-4-16(5-3-15)11-7-9(13)8(12)6-10(11)14/h6-7H,2-5H2,1H3. The molecule has 0 amide bonds. The third kappa shape index (κ3) is 2.35. The molecular weight excluding hydrogens is 278 g/mol. The van der Waals surface area contributed by atoms with E-state index >= 15 is 0 Å². The molecule has 1 fully saturated rings. The van der Waals surface area contributed by atoms with E-state index in [9.17, 15) is 8.78 Å². The summed E-state index contributed by atoms with van der Waals surface area (Å²) in [5.74, 6) is -0.798. The highest BCUT2D eigenvalue weighted by Crippen LogP contribution is 2.26. The lowest BCUT2D eigenvalue weighted by Gasteiger charge is -2.34. The Morgan fingerprint density at radius 2 is 1.69 bits per heavy atom. The second-order valence-corrected chi connectivity index (χ2v) is 4.86. The van der Waals surface area contributed by atoms with E-state index in [1.54, 1.807) is 0 Å². The Hall–Kier alpha value is -0.680. The van der Waals surface area contributed by atoms with E-state index in [-0.39, 0.29) is 10.3 Å². The Morgan fingerprint density at radius 3 is 2.31 bits per heavy atom. The quantitative estimate of drug-likeness (QED) is 0.733. The average molecular weight is 291 g/mol. The van der Waals surface area contributed by atoms with Crippen molar-refractivity contribution in [1.29, 1.82) is 0 Å². The van der Waals surface area contributed by atoms with Gasteiger partial charge in [0.25, 0.3) is 0 Å². The third-order valence-electron chi connectivity index (χ3n) is 2.83. The van der Waals surface area contributed by atoms with Crippen molar-refractivity contribution in [2.24, 2.45) is 0 Å². The number of likely N-dealkylation sites (N-methyl/N-ethyl adjacent to an activating group) is 1. The minimum Gasteiger partial charge on any atom is -0.367 e. The molecule has 2 nitrogen and oxygen atoms in total. The summed E-state index contributed by atoms with van der Waals surface area (Å²) < 4.78 is 27.2. The monoisotopic (exact) mass is 290 g/mol. The lowest BCUT2D eigenvalue weighted by Crippen LogP contribution is -2.44. The fourth-order valence-electron chi connectivity index (χ4n) is 1.80. The molecule has 1 aliphatic rings. The molecule has 0 aromatic heterocycles. The summed E-state index contributed by atoms with van der Waals surface area (Å²) >= 11 is 2.97. The average Bonchev–Trinajstić information content (AvgIpc) is 2.25. The molecule has 1 heterocycles. The topological polar surface area (TPSA) is 6.48 Å². The maximum absolute atomic E-state index is 13.7. The van der Waals surface area contributed by atoms with Crippen molar-refractivity contribution in [2.75, 3.05) is 38.1 Å². The Kier molecular flexibility index (Phi) is 3.44. The van der Waals surface area contributed by atoms with Crippen LogP contribution in [-0.2, 0) is 0 Å². The lowest BCUT2D eigenvalue weighted by atomic mass is 10.2. The highest BCUT2D eigenvalue weighted by Gasteiger charge is 2.18. The molecule has 0 saturated carbocycles. The smallest absolute Gasteiger partial charge is 0.147 e. The summed E-state index contributed by atoms with van der Waals surface area (Å²) in [6, 6.07) is 2.44. The second kappa shape index (κ2) is 4.67. The van der Waals surface area contributed by atoms with Crippen molar-refractivity contribution in [1.82, 2.24) is 4.90 Å². The molecule has 1 saturated heterocycles. The summed E-state index contributed by atoms with van der Waals surface area (Å²) in [4.78, 5) is 4.05. The molecule has 1 aliphatic heterocycles. The van der Waals surface area contributed by atoms with Gasteiger partial charge in [0.1, 0.15) is 11.6 Å². The lowest BCUT2D eigenvalue weighted by molar-refractivity contribution is 0.311. The molecule has 0 N–H and O–H groups in total. The fraction of sp³-hybridized carbons (Fsp3) is 0.455. The maximum atomic E-state index is 13.7. The van der Waals surface area contributed by atoms with Crippen molar-refractivity contribution in [3.63, 3.8) is 0 Å². The van der Waals surface area contributed by atoms with Crippen LogP contribution >= 0.6 is 15.9 Å². The van der Waals surface area contributed by atoms with Gasteiger partial charge in [-0.15, -0.1) is 0 Å². The van der Waals surface area contributed by atoms with Crippen molar-refractivity contribution in [3.05, 3.63) is 28.2 Å². The van der Waals surface area contributed by atoms with Crippen LogP contribution in [0.3, 0.4) is 0 Å². The van der Waals surface area contributed by atoms with E-state index in [2.05, 4.69) is 20.8 Å². The molecule has 1 aromatic rings. The van der Waals surface area contributed by atoms with Gasteiger partial charge in [-0.25, -0.2) is 8.78 Å². The summed E-state index contributed by atoms with van der Waals surface area (Å²) in [6.45, 7) is 3.21. The van der Waals surface area contributed by atoms with Crippen LogP contribution in [0.15, 0.2) is 16.6 Å². The number of hydrogen-bond donors (Lipinski definition) is 0. The van der Waals surface area contributed by atoms with Crippen LogP contribution in [0.1, 0.15) is 0 Å². The molecular formula is C11H13BrF2N2. The van der Waals surface area contributed by atoms with Crippen LogP contribution in [0, 0.1) is 11.6 Å². The van der Waals surface area contributed by atoms with Gasteiger partial charge in [0.05, 0.1) is 10.2 Å². The molecule has 0 bridgehead atoms. The van der Waals surface area contributed by atoms with Crippen LogP contribution in [0.2, 0.25) is 0 Å². The Labute approximate surface area is 102 Å². The van der Waals surface area contributed by atoms with Gasteiger partial charge in [0, 0.05) is 32.2 Å². The van der Waals surface area contributed by atoms with Gasteiger partial charge < -0.3 is 9.80 Å². The van der Waals surface area contributed by atoms with Gasteiger partial charge in [-0.3, -0.25) is 0 Å². The Balaban J connectivity index is 2.23. The number of piperazine rings is 1. The van der Waals surface area contributed by atoms with E-state index in [0.29, 0.717) is 5.69 Å². The van der Waals surface area contributed by atoms with Gasteiger partial charge in [-0.1, -0.05) is 0 Å². The van der Waals surface area contributed by atoms with Crippen molar-refractivity contribution in [3.8, 4) is 0 Å². The first-order chi connectivity index (χ1) is 7.58. The number of benzene rings is 1. The number of rotatable bonds is 1. The summed E-state index contributed by atoms with van der Waals surface area (Å²) in [5.41, 5.74) is 0.355. The largest absolute Gasteiger partial charge is 0.367 e. The van der Waals surface area contributed by atoms with E-state index in [0.717, 1.165) is 26.2 Å². The Bertz CT molecular complexity index is 390. The summed E-state index contributed by atoms with van der Waals surface area (Å²) in [7, 11) is 2.02. The number of anilines is 1. The number of nitrogens with zero attached hydrogens (tertiary/aromatic N) is 2. The van der Waals surface area contributed by atoms with Gasteiger partial charge in [0.2, 0.25) is 0 Å². The first-order valence-electron chi connectivity index (χ1n) is 5.16. The minimum atomic E-state index is -0.421. The summed E-state index contributed by atoms with van der Waals surface area (Å²) in [5, 5.41) is 0. The van der Waals surface area contributed by atoms with Gasteiger partial charge in [-0.05, 0) is 29.0 Å². The number of halogens is 3. The van der Waals surface area contributed by atoms with E-state index < -0.39 is 5.82 Å². The van der Waals surface area contributed by atoms with Crippen LogP contribution in [0.25, 0.3) is 0 Å². The van der Waals surface area contributed by atoms with Crippen LogP contribution in [0.5, 0.6) is 0 Å². The van der Waals surface area contributed by atoms with Crippen LogP contribution in [0.4, 0.5) is 14.5 Å². The molecule has 0 spiro atoms. The molecule has 0 radical (unpaired) electrons. The molecule has 16 heavy (non-hydrogen) atoms. The molecule has 0 aliphatic carbocycles. The highest BCUT2D eigenvalue weighted by molar-refractivity contribution is 9.10. The SMILES string of the molecule is CN1CCN(c2cc(F)c(Br)cc2F)CC1. The molecule has 0 unspecified atom stereocenters. The van der Waals surface area contributed by atoms with E-state index in [4.69, 9.17) is 0 Å². The first kappa shape index (κ1) is 11.8. The van der Waals surface area contributed by atoms with Crippen molar-refractivity contribution < 1.29 is 8.78 Å². The predicted octanol–water partition coefficient (Wildman–Crippen LogP) is 2.48. The van der Waals surface area contributed by atoms with Gasteiger partial charge in [0.15, 0.2) is 0 Å². The Morgan fingerprint density at radius 1 is 1.06 bits per heavy atom. The van der Waals surface area contributed by atoms with Gasteiger partial charge in [-0.2, -0.15) is 0 Å². The third-order valence-corrected chi connectivity index (χ3v) is 3.44. The van der Waals surface area contributed by atoms with E-state index in [1.807, 2.05) is 11.9 Å². The highest BCUT2D eigenvalue weighted by atomic mass is 79.9. The fourth-order valence-corrected chi connectivity index (χ4v) is 2.12. The molecule has 1 aromatic carbocycles.